The molecule has 2 aromatic carbocycles. The molecule has 0 unspecified atom stereocenters. The minimum Gasteiger partial charge on any atom is -0.343 e. The lowest BCUT2D eigenvalue weighted by molar-refractivity contribution is -0.133. The number of unbranched alkanes of at least 4 members (excludes halogenated alkanes) is 5. The first kappa shape index (κ1) is 24.9. The molecular formula is C30H37F2N3O. The first-order valence-electron chi connectivity index (χ1n) is 13.7. The highest BCUT2D eigenvalue weighted by Gasteiger charge is 2.25. The van der Waals surface area contributed by atoms with Gasteiger partial charge in [0, 0.05) is 55.8 Å². The van der Waals surface area contributed by atoms with Crippen molar-refractivity contribution in [1.29, 1.82) is 0 Å². The monoisotopic (exact) mass is 493 g/mol. The number of nitrogens with zero attached hydrogens (tertiary/aromatic N) is 3. The first-order chi connectivity index (χ1) is 17.6. The molecule has 1 saturated heterocycles. The number of fused-ring (bicyclic) bond motifs is 3. The Labute approximate surface area is 212 Å². The summed E-state index contributed by atoms with van der Waals surface area (Å²) in [7, 11) is 0. The summed E-state index contributed by atoms with van der Waals surface area (Å²) < 4.78 is 29.9. The van der Waals surface area contributed by atoms with Crippen LogP contribution in [0.1, 0.15) is 69.0 Å². The van der Waals surface area contributed by atoms with Crippen molar-refractivity contribution < 1.29 is 13.6 Å². The first-order valence-corrected chi connectivity index (χ1v) is 13.7. The Bertz CT molecular complexity index is 1190. The van der Waals surface area contributed by atoms with Crippen molar-refractivity contribution in [1.82, 2.24) is 14.4 Å². The molecule has 0 saturated carbocycles. The summed E-state index contributed by atoms with van der Waals surface area (Å²) in [4.78, 5) is 16.4. The molecule has 3 heterocycles. The van der Waals surface area contributed by atoms with Gasteiger partial charge in [-0.2, -0.15) is 0 Å². The zero-order chi connectivity index (χ0) is 24.9. The predicted molar refractivity (Wildman–Crippen MR) is 140 cm³/mol. The highest BCUT2D eigenvalue weighted by molar-refractivity contribution is 5.87. The van der Waals surface area contributed by atoms with E-state index in [9.17, 15) is 13.6 Å². The molecule has 1 amide bonds. The molecule has 2 aliphatic rings. The van der Waals surface area contributed by atoms with Crippen LogP contribution in [0, 0.1) is 11.6 Å². The van der Waals surface area contributed by atoms with Crippen LogP contribution in [0.25, 0.3) is 16.6 Å². The lowest BCUT2D eigenvalue weighted by Gasteiger charge is -2.28. The van der Waals surface area contributed by atoms with Gasteiger partial charge >= 0.3 is 0 Å². The lowest BCUT2D eigenvalue weighted by atomic mass is 10.0. The number of rotatable bonds is 10. The number of hydrogen-bond acceptors (Lipinski definition) is 2. The largest absolute Gasteiger partial charge is 0.343 e. The number of piperidine rings is 1. The molecule has 1 fully saturated rings. The smallest absolute Gasteiger partial charge is 0.222 e. The molecule has 192 valence electrons. The van der Waals surface area contributed by atoms with Crippen molar-refractivity contribution in [3.63, 3.8) is 0 Å². The SMILES string of the molecule is O=C1CCCCN1CCCCCCCCN1CCc2c(c3cc(F)ccc3n2-c2ccc(F)cc2)C1. The van der Waals surface area contributed by atoms with E-state index in [1.165, 1.54) is 61.6 Å². The van der Waals surface area contributed by atoms with Gasteiger partial charge in [0.2, 0.25) is 5.91 Å². The normalized spacial score (nSPS) is 16.6. The van der Waals surface area contributed by atoms with Crippen LogP contribution in [-0.4, -0.2) is 46.5 Å². The van der Waals surface area contributed by atoms with E-state index in [-0.39, 0.29) is 11.6 Å². The van der Waals surface area contributed by atoms with Crippen LogP contribution in [0.3, 0.4) is 0 Å². The fraction of sp³-hybridized carbons (Fsp3) is 0.500. The van der Waals surface area contributed by atoms with Gasteiger partial charge in [0.25, 0.3) is 0 Å². The molecule has 3 aromatic rings. The Hall–Kier alpha value is -2.73. The molecule has 0 radical (unpaired) electrons. The van der Waals surface area contributed by atoms with Gasteiger partial charge < -0.3 is 9.47 Å². The molecular weight excluding hydrogens is 456 g/mol. The minimum atomic E-state index is -0.251. The van der Waals surface area contributed by atoms with Crippen molar-refractivity contribution in [3.8, 4) is 5.69 Å². The Kier molecular flexibility index (Phi) is 8.00. The van der Waals surface area contributed by atoms with Gasteiger partial charge in [-0.05, 0) is 80.3 Å². The molecule has 0 N–H and O–H groups in total. The van der Waals surface area contributed by atoms with E-state index in [0.717, 1.165) is 81.4 Å². The van der Waals surface area contributed by atoms with Crippen LogP contribution in [-0.2, 0) is 17.8 Å². The van der Waals surface area contributed by atoms with Crippen LogP contribution in [0.15, 0.2) is 42.5 Å². The number of aromatic nitrogens is 1. The van der Waals surface area contributed by atoms with Gasteiger partial charge in [-0.1, -0.05) is 25.7 Å². The third-order valence-corrected chi connectivity index (χ3v) is 7.85. The number of benzene rings is 2. The van der Waals surface area contributed by atoms with Gasteiger partial charge in [0.1, 0.15) is 11.6 Å². The highest BCUT2D eigenvalue weighted by Crippen LogP contribution is 2.34. The minimum absolute atomic E-state index is 0.219. The van der Waals surface area contributed by atoms with E-state index >= 15 is 0 Å². The van der Waals surface area contributed by atoms with E-state index in [2.05, 4.69) is 9.47 Å². The summed E-state index contributed by atoms with van der Waals surface area (Å²) in [6.45, 7) is 4.75. The zero-order valence-electron chi connectivity index (χ0n) is 21.2. The number of carbonyl (C=O) groups is 1. The van der Waals surface area contributed by atoms with Crippen LogP contribution >= 0.6 is 0 Å². The number of likely N-dealkylation sites (tertiary alicyclic amines) is 1. The van der Waals surface area contributed by atoms with E-state index in [0.29, 0.717) is 5.91 Å². The maximum Gasteiger partial charge on any atom is 0.222 e. The van der Waals surface area contributed by atoms with Crippen molar-refractivity contribution in [2.45, 2.75) is 70.8 Å². The molecule has 0 spiro atoms. The average Bonchev–Trinajstić information content (AvgIpc) is 3.20. The van der Waals surface area contributed by atoms with Gasteiger partial charge in [0.05, 0.1) is 5.52 Å². The summed E-state index contributed by atoms with van der Waals surface area (Å²) in [6.07, 6.45) is 11.0. The lowest BCUT2D eigenvalue weighted by Crippen LogP contribution is -2.35. The number of halogens is 2. The van der Waals surface area contributed by atoms with Gasteiger partial charge in [0.15, 0.2) is 0 Å². The van der Waals surface area contributed by atoms with Gasteiger partial charge in [-0.3, -0.25) is 9.69 Å². The Balaban J connectivity index is 1.12. The number of amides is 1. The van der Waals surface area contributed by atoms with Crippen LogP contribution in [0.4, 0.5) is 8.78 Å². The van der Waals surface area contributed by atoms with Crippen molar-refractivity contribution in [2.75, 3.05) is 26.2 Å². The molecule has 5 rings (SSSR count). The van der Waals surface area contributed by atoms with E-state index in [1.807, 2.05) is 11.0 Å². The van der Waals surface area contributed by atoms with E-state index in [4.69, 9.17) is 0 Å². The zero-order valence-corrected chi connectivity index (χ0v) is 21.2. The molecule has 36 heavy (non-hydrogen) atoms. The standard InChI is InChI=1S/C30H37F2N3O/c31-23-10-13-25(14-11-23)35-28-15-12-24(32)21-26(28)27-22-33(20-16-29(27)35)17-6-3-1-2-4-7-18-34-19-8-5-9-30(34)36/h10-15,21H,1-9,16-20,22H2. The van der Waals surface area contributed by atoms with Crippen molar-refractivity contribution in [3.05, 3.63) is 65.4 Å². The van der Waals surface area contributed by atoms with Gasteiger partial charge in [-0.25, -0.2) is 8.78 Å². The second kappa shape index (κ2) is 11.5. The Morgan fingerprint density at radius 3 is 2.25 bits per heavy atom. The Morgan fingerprint density at radius 1 is 0.750 bits per heavy atom. The van der Waals surface area contributed by atoms with Crippen molar-refractivity contribution >= 4 is 16.8 Å². The summed E-state index contributed by atoms with van der Waals surface area (Å²) in [5.41, 5.74) is 4.33. The summed E-state index contributed by atoms with van der Waals surface area (Å²) >= 11 is 0. The average molecular weight is 494 g/mol. The molecule has 2 aliphatic heterocycles. The number of carbonyl (C=O) groups excluding carboxylic acids is 1. The quantitative estimate of drug-likeness (QED) is 0.297. The molecule has 0 aliphatic carbocycles. The van der Waals surface area contributed by atoms with Crippen molar-refractivity contribution in [2.24, 2.45) is 0 Å². The number of hydrogen-bond donors (Lipinski definition) is 0. The molecule has 0 atom stereocenters. The van der Waals surface area contributed by atoms with Gasteiger partial charge in [-0.15, -0.1) is 0 Å². The van der Waals surface area contributed by atoms with E-state index < -0.39 is 0 Å². The second-order valence-corrected chi connectivity index (χ2v) is 10.4. The molecule has 1 aromatic heterocycles. The van der Waals surface area contributed by atoms with Crippen LogP contribution < -0.4 is 0 Å². The summed E-state index contributed by atoms with van der Waals surface area (Å²) in [5, 5.41) is 0.964. The predicted octanol–water partition coefficient (Wildman–Crippen LogP) is 6.62. The maximum absolute atomic E-state index is 14.2. The topological polar surface area (TPSA) is 28.5 Å². The maximum atomic E-state index is 14.2. The highest BCUT2D eigenvalue weighted by atomic mass is 19.1. The van der Waals surface area contributed by atoms with Crippen LogP contribution in [0.2, 0.25) is 0 Å². The third kappa shape index (κ3) is 5.64. The Morgan fingerprint density at radius 2 is 1.47 bits per heavy atom. The summed E-state index contributed by atoms with van der Waals surface area (Å²) in [6, 6.07) is 11.6. The molecule has 0 bridgehead atoms. The fourth-order valence-corrected chi connectivity index (χ4v) is 5.91. The molecule has 4 nitrogen and oxygen atoms in total. The van der Waals surface area contributed by atoms with E-state index in [1.54, 1.807) is 18.2 Å². The van der Waals surface area contributed by atoms with Crippen LogP contribution in [0.5, 0.6) is 0 Å². The summed E-state index contributed by atoms with van der Waals surface area (Å²) in [5.74, 6) is -0.129. The second-order valence-electron chi connectivity index (χ2n) is 10.4. The third-order valence-electron chi connectivity index (χ3n) is 7.85. The fourth-order valence-electron chi connectivity index (χ4n) is 5.91. The molecule has 6 heteroatoms.